The van der Waals surface area contributed by atoms with E-state index in [0.29, 0.717) is 11.3 Å². The van der Waals surface area contributed by atoms with Gasteiger partial charge in [0.15, 0.2) is 11.6 Å². The van der Waals surface area contributed by atoms with Gasteiger partial charge in [-0.2, -0.15) is 0 Å². The van der Waals surface area contributed by atoms with E-state index >= 15 is 0 Å². The summed E-state index contributed by atoms with van der Waals surface area (Å²) >= 11 is 1.43. The molecule has 1 aliphatic carbocycles. The second kappa shape index (κ2) is 3.28. The first kappa shape index (κ1) is 9.78. The van der Waals surface area contributed by atoms with Crippen LogP contribution in [0, 0.1) is 12.8 Å². The van der Waals surface area contributed by atoms with E-state index in [-0.39, 0.29) is 22.7 Å². The number of aryl methyl sites for hydroxylation is 1. The highest BCUT2D eigenvalue weighted by Crippen LogP contribution is 2.39. The van der Waals surface area contributed by atoms with E-state index in [1.54, 1.807) is 12.3 Å². The molecule has 80 valence electrons. The van der Waals surface area contributed by atoms with Crippen LogP contribution in [0.1, 0.15) is 26.4 Å². The first-order chi connectivity index (χ1) is 7.70. The van der Waals surface area contributed by atoms with Gasteiger partial charge in [0.2, 0.25) is 0 Å². The molecule has 0 saturated carbocycles. The summed E-state index contributed by atoms with van der Waals surface area (Å²) < 4.78 is 0. The van der Waals surface area contributed by atoms with Gasteiger partial charge in [0, 0.05) is 6.20 Å². The van der Waals surface area contributed by atoms with Gasteiger partial charge in [0.05, 0.1) is 16.7 Å². The molecule has 3 nitrogen and oxygen atoms in total. The topological polar surface area (TPSA) is 47.0 Å². The van der Waals surface area contributed by atoms with Crippen LogP contribution < -0.4 is 0 Å². The van der Waals surface area contributed by atoms with Crippen LogP contribution in [-0.4, -0.2) is 21.8 Å². The lowest BCUT2D eigenvalue weighted by Crippen LogP contribution is -2.37. The van der Waals surface area contributed by atoms with E-state index in [0.717, 1.165) is 5.56 Å². The fraction of sp³-hybridized carbons (Fsp3) is 0.250. The van der Waals surface area contributed by atoms with E-state index in [1.807, 2.05) is 18.4 Å². The maximum Gasteiger partial charge on any atom is 0.190 e. The fourth-order valence-electron chi connectivity index (χ4n) is 2.21. The molecule has 1 aliphatic heterocycles. The second-order valence-corrected chi connectivity index (χ2v) is 5.04. The van der Waals surface area contributed by atoms with Gasteiger partial charge in [-0.05, 0) is 24.0 Å². The number of pyridine rings is 1. The number of aromatic nitrogens is 1. The minimum atomic E-state index is -0.306. The van der Waals surface area contributed by atoms with Gasteiger partial charge < -0.3 is 0 Å². The van der Waals surface area contributed by atoms with Crippen molar-refractivity contribution in [3.05, 3.63) is 40.6 Å². The monoisotopic (exact) mass is 231 g/mol. The van der Waals surface area contributed by atoms with Gasteiger partial charge in [-0.15, -0.1) is 11.8 Å². The van der Waals surface area contributed by atoms with Crippen molar-refractivity contribution < 1.29 is 9.59 Å². The maximum absolute atomic E-state index is 12.2. The summed E-state index contributed by atoms with van der Waals surface area (Å²) in [6, 6.07) is 1.78. The van der Waals surface area contributed by atoms with Crippen molar-refractivity contribution in [2.24, 2.45) is 5.92 Å². The Morgan fingerprint density at radius 1 is 1.31 bits per heavy atom. The van der Waals surface area contributed by atoms with Crippen molar-refractivity contribution in [1.82, 2.24) is 4.98 Å². The van der Waals surface area contributed by atoms with Gasteiger partial charge in [-0.25, -0.2) is 0 Å². The number of thioether (sulfide) groups is 1. The van der Waals surface area contributed by atoms with Gasteiger partial charge in [0.1, 0.15) is 5.69 Å². The Kier molecular flexibility index (Phi) is 2.01. The van der Waals surface area contributed by atoms with Crippen molar-refractivity contribution in [3.63, 3.8) is 0 Å². The molecular weight excluding hydrogens is 222 g/mol. The van der Waals surface area contributed by atoms with Crippen LogP contribution in [-0.2, 0) is 0 Å². The number of carbonyl (C=O) groups excluding carboxylic acids is 2. The van der Waals surface area contributed by atoms with Crippen molar-refractivity contribution in [2.75, 3.05) is 0 Å². The van der Waals surface area contributed by atoms with Gasteiger partial charge in [-0.3, -0.25) is 14.6 Å². The molecular formula is C12H9NO2S. The Morgan fingerprint density at radius 2 is 2.12 bits per heavy atom. The number of hydrogen-bond acceptors (Lipinski definition) is 4. The largest absolute Gasteiger partial charge is 0.293 e. The summed E-state index contributed by atoms with van der Waals surface area (Å²) in [4.78, 5) is 28.4. The van der Waals surface area contributed by atoms with Crippen LogP contribution >= 0.6 is 11.8 Å². The minimum absolute atomic E-state index is 0.0236. The van der Waals surface area contributed by atoms with Gasteiger partial charge in [-0.1, -0.05) is 6.08 Å². The van der Waals surface area contributed by atoms with Crippen LogP contribution in [0.3, 0.4) is 0 Å². The predicted molar refractivity (Wildman–Crippen MR) is 61.6 cm³/mol. The molecule has 0 fully saturated rings. The summed E-state index contributed by atoms with van der Waals surface area (Å²) in [6.07, 6.45) is 3.40. The highest BCUT2D eigenvalue weighted by Gasteiger charge is 2.43. The van der Waals surface area contributed by atoms with Crippen molar-refractivity contribution in [1.29, 1.82) is 0 Å². The van der Waals surface area contributed by atoms with Crippen molar-refractivity contribution in [2.45, 2.75) is 12.2 Å². The predicted octanol–water partition coefficient (Wildman–Crippen LogP) is 2.01. The van der Waals surface area contributed by atoms with E-state index in [2.05, 4.69) is 4.98 Å². The molecule has 2 atom stereocenters. The van der Waals surface area contributed by atoms with Crippen LogP contribution in [0.25, 0.3) is 0 Å². The zero-order valence-corrected chi connectivity index (χ0v) is 9.45. The Labute approximate surface area is 97.0 Å². The van der Waals surface area contributed by atoms with Gasteiger partial charge in [0.25, 0.3) is 0 Å². The highest BCUT2D eigenvalue weighted by atomic mass is 32.2. The molecule has 0 bridgehead atoms. The van der Waals surface area contributed by atoms with E-state index in [9.17, 15) is 9.59 Å². The standard InChI is InChI=1S/C12H9NO2S/c1-6-2-4-13-9-8(6)11(15)12-7(10(9)14)3-5-16-12/h2-5,7,12H,1H3. The lowest BCUT2D eigenvalue weighted by molar-refractivity contribution is 0.0855. The van der Waals surface area contributed by atoms with E-state index in [4.69, 9.17) is 0 Å². The molecule has 0 amide bonds. The van der Waals surface area contributed by atoms with Crippen LogP contribution in [0.15, 0.2) is 23.7 Å². The number of Topliss-reactive ketones (excluding diaryl/α,β-unsaturated/α-hetero) is 2. The van der Waals surface area contributed by atoms with Crippen LogP contribution in [0.4, 0.5) is 0 Å². The van der Waals surface area contributed by atoms with Crippen LogP contribution in [0.5, 0.6) is 0 Å². The lowest BCUT2D eigenvalue weighted by Gasteiger charge is -2.24. The number of fused-ring (bicyclic) bond motifs is 2. The first-order valence-electron chi connectivity index (χ1n) is 5.06. The average Bonchev–Trinajstić information content (AvgIpc) is 2.75. The molecule has 4 heteroatoms. The summed E-state index contributed by atoms with van der Waals surface area (Å²) in [6.45, 7) is 1.85. The zero-order chi connectivity index (χ0) is 11.3. The Morgan fingerprint density at radius 3 is 2.94 bits per heavy atom. The van der Waals surface area contributed by atoms with E-state index < -0.39 is 0 Å². The summed E-state index contributed by atoms with van der Waals surface area (Å²) in [5.41, 5.74) is 1.71. The zero-order valence-electron chi connectivity index (χ0n) is 8.64. The molecule has 0 spiro atoms. The molecule has 2 aliphatic rings. The molecule has 0 saturated heterocycles. The average molecular weight is 231 g/mol. The molecule has 16 heavy (non-hydrogen) atoms. The Bertz CT molecular complexity index is 536. The number of nitrogens with zero attached hydrogens (tertiary/aromatic N) is 1. The molecule has 2 heterocycles. The van der Waals surface area contributed by atoms with Crippen molar-refractivity contribution in [3.8, 4) is 0 Å². The minimum Gasteiger partial charge on any atom is -0.293 e. The quantitative estimate of drug-likeness (QED) is 0.685. The normalized spacial score (nSPS) is 26.8. The van der Waals surface area contributed by atoms with Crippen molar-refractivity contribution >= 4 is 23.3 Å². The fourth-order valence-corrected chi connectivity index (χ4v) is 3.26. The number of carbonyl (C=O) groups is 2. The third-order valence-corrected chi connectivity index (χ3v) is 4.15. The summed E-state index contributed by atoms with van der Waals surface area (Å²) in [7, 11) is 0. The molecule has 0 radical (unpaired) electrons. The maximum atomic E-state index is 12.2. The molecule has 0 N–H and O–H groups in total. The summed E-state index contributed by atoms with van der Waals surface area (Å²) in [5.74, 6) is -0.288. The highest BCUT2D eigenvalue weighted by molar-refractivity contribution is 8.03. The number of ketones is 2. The smallest absolute Gasteiger partial charge is 0.190 e. The lowest BCUT2D eigenvalue weighted by atomic mass is 9.83. The van der Waals surface area contributed by atoms with E-state index in [1.165, 1.54) is 11.8 Å². The third kappa shape index (κ3) is 1.13. The number of hydrogen-bond donors (Lipinski definition) is 0. The molecule has 1 aromatic rings. The van der Waals surface area contributed by atoms with Gasteiger partial charge >= 0.3 is 0 Å². The number of allylic oxidation sites excluding steroid dienone is 1. The first-order valence-corrected chi connectivity index (χ1v) is 6.00. The molecule has 2 unspecified atom stereocenters. The van der Waals surface area contributed by atoms with Crippen LogP contribution in [0.2, 0.25) is 0 Å². The number of rotatable bonds is 0. The second-order valence-electron chi connectivity index (χ2n) is 3.99. The molecule has 1 aromatic heterocycles. The molecule has 0 aromatic carbocycles. The third-order valence-electron chi connectivity index (χ3n) is 3.04. The summed E-state index contributed by atoms with van der Waals surface area (Å²) in [5, 5.41) is 1.58. The molecule has 3 rings (SSSR count). The SMILES string of the molecule is Cc1ccnc2c1C(=O)C1SC=CC1C2=O. The Balaban J connectivity index is 2.25. The Hall–Kier alpha value is -1.42.